The van der Waals surface area contributed by atoms with Crippen molar-refractivity contribution in [3.63, 3.8) is 0 Å². The maximum atomic E-state index is 12.4. The number of urea groups is 1. The van der Waals surface area contributed by atoms with Gasteiger partial charge in [0.05, 0.1) is 12.6 Å². The average molecular weight is 495 g/mol. The third-order valence-corrected chi connectivity index (χ3v) is 4.31. The van der Waals surface area contributed by atoms with Crippen molar-refractivity contribution in [3.8, 4) is 88.6 Å². The molecule has 2 amide bonds. The molecule has 2 N–H and O–H groups in total. The number of hydrogen-bond acceptors (Lipinski definition) is 4. The third-order valence-electron chi connectivity index (χ3n) is 4.31. The molecule has 196 valence electrons. The molecule has 1 unspecified atom stereocenters. The number of aldehydes is 1. The van der Waals surface area contributed by atoms with E-state index in [0.29, 0.717) is 23.5 Å². The molecule has 2 rings (SSSR count). The second-order valence-corrected chi connectivity index (χ2v) is 6.58. The van der Waals surface area contributed by atoms with Gasteiger partial charge in [-0.05, 0) is 104 Å². The summed E-state index contributed by atoms with van der Waals surface area (Å²) in [6, 6.07) is 3.66. The third kappa shape index (κ3) is 7.71. The average Bonchev–Trinajstić information content (AvgIpc) is 2.86. The van der Waals surface area contributed by atoms with E-state index in [1.165, 1.54) is 0 Å². The van der Waals surface area contributed by atoms with Crippen molar-refractivity contribution in [1.82, 2.24) is 10.6 Å². The highest BCUT2D eigenvalue weighted by atomic mass is 16.5. The Morgan fingerprint density at radius 2 is 1.58 bits per heavy atom. The van der Waals surface area contributed by atoms with E-state index in [2.05, 4.69) is 93.5 Å². The molecule has 1 aromatic carbocycles. The van der Waals surface area contributed by atoms with E-state index in [0.717, 1.165) is 0 Å². The summed E-state index contributed by atoms with van der Waals surface area (Å²) < 4.78 is 5.72. The SMILES string of the molecule is CC#CC#CC#CC#CC#CC#CC#Cc1cccc(OCC)c1C1NC(=O)NC(C)=C1C(=O)C=O.[HH].[HH].[HH].[HH].[HH].[HH].[HH].[HH].[HH].[HH].[HH].[HH]. The normalized spacial score (nSPS) is 12.3. The first kappa shape index (κ1) is 26.5. The maximum Gasteiger partial charge on any atom is 0.319 e. The number of hydrogen-bond donors (Lipinski definition) is 2. The molecule has 6 nitrogen and oxygen atoms in total. The van der Waals surface area contributed by atoms with E-state index in [1.807, 2.05) is 0 Å². The van der Waals surface area contributed by atoms with Crippen LogP contribution in [0, 0.1) is 82.9 Å². The number of nitrogens with one attached hydrogen (secondary N) is 2. The molecule has 1 aliphatic heterocycles. The fourth-order valence-corrected chi connectivity index (χ4v) is 3.01. The molecule has 0 saturated heterocycles. The van der Waals surface area contributed by atoms with Crippen molar-refractivity contribution < 1.29 is 36.2 Å². The van der Waals surface area contributed by atoms with Gasteiger partial charge in [0.25, 0.3) is 0 Å². The van der Waals surface area contributed by atoms with E-state index in [-0.39, 0.29) is 34.7 Å². The number of rotatable bonds is 5. The monoisotopic (exact) mass is 494 g/mol. The lowest BCUT2D eigenvalue weighted by atomic mass is 9.89. The number of amides is 2. The predicted octanol–water partition coefficient (Wildman–Crippen LogP) is 4.83. The number of Topliss-reactive ketones (excluding diaryl/α,β-unsaturated/α-hetero) is 1. The Hall–Kier alpha value is -5.71. The van der Waals surface area contributed by atoms with Gasteiger partial charge in [-0.2, -0.15) is 0 Å². The van der Waals surface area contributed by atoms with Gasteiger partial charge in [-0.25, -0.2) is 4.79 Å². The fourth-order valence-electron chi connectivity index (χ4n) is 3.01. The minimum atomic E-state index is -0.939. The predicted molar refractivity (Wildman–Crippen MR) is 160 cm³/mol. The van der Waals surface area contributed by atoms with Gasteiger partial charge in [-0.3, -0.25) is 9.59 Å². The van der Waals surface area contributed by atoms with E-state index in [9.17, 15) is 14.4 Å². The van der Waals surface area contributed by atoms with Crippen LogP contribution < -0.4 is 15.4 Å². The van der Waals surface area contributed by atoms with Crippen LogP contribution in [0.5, 0.6) is 5.75 Å². The molecule has 6 heteroatoms. The van der Waals surface area contributed by atoms with Gasteiger partial charge in [0.1, 0.15) is 5.75 Å². The maximum absolute atomic E-state index is 12.4. The molecule has 0 fully saturated rings. The molecule has 1 aliphatic rings. The molecule has 36 heavy (non-hydrogen) atoms. The number of carbonyl (C=O) groups is 3. The summed E-state index contributed by atoms with van der Waals surface area (Å²) in [6.45, 7) is 5.36. The lowest BCUT2D eigenvalue weighted by Crippen LogP contribution is -2.45. The Morgan fingerprint density at radius 3 is 2.14 bits per heavy atom. The van der Waals surface area contributed by atoms with Gasteiger partial charge >= 0.3 is 6.03 Å². The minimum absolute atomic E-state index is 0. The number of ketones is 1. The second-order valence-electron chi connectivity index (χ2n) is 6.58. The standard InChI is InChI=1S/C30H18N2O4.12H2/c1-4-6-7-8-9-10-11-12-13-14-15-16-17-19-24-20-18-21-26(36-5-2)28(24)29-27(25(34)22-33)23(3)31-30(35)32-29;;;;;;;;;;;;/h18,20-22,29H,5H2,1-3H3,(H2,31,32,35);12*1H. The topological polar surface area (TPSA) is 84.5 Å². The van der Waals surface area contributed by atoms with Crippen molar-refractivity contribution in [2.24, 2.45) is 0 Å². The first-order chi connectivity index (χ1) is 17.5. The molecule has 0 aromatic heterocycles. The summed E-state index contributed by atoms with van der Waals surface area (Å²) in [4.78, 5) is 35.8. The molecule has 0 radical (unpaired) electrons. The zero-order valence-corrected chi connectivity index (χ0v) is 19.7. The van der Waals surface area contributed by atoms with Crippen LogP contribution in [-0.4, -0.2) is 24.7 Å². The molecule has 0 aliphatic carbocycles. The highest BCUT2D eigenvalue weighted by molar-refractivity contribution is 6.34. The fraction of sp³-hybridized carbons (Fsp3) is 0.167. The molecule has 1 atom stereocenters. The summed E-state index contributed by atoms with van der Waals surface area (Å²) in [5.41, 5.74) is 1.27. The Bertz CT molecular complexity index is 1600. The second kappa shape index (κ2) is 14.4. The van der Waals surface area contributed by atoms with Crippen LogP contribution in [0.4, 0.5) is 4.79 Å². The highest BCUT2D eigenvalue weighted by Crippen LogP contribution is 2.35. The van der Waals surface area contributed by atoms with Crippen LogP contribution >= 0.6 is 0 Å². The van der Waals surface area contributed by atoms with Crippen LogP contribution in [0.15, 0.2) is 29.5 Å². The van der Waals surface area contributed by atoms with Gasteiger partial charge in [0, 0.05) is 39.5 Å². The van der Waals surface area contributed by atoms with Gasteiger partial charge in [-0.15, -0.1) is 0 Å². The van der Waals surface area contributed by atoms with Crippen LogP contribution in [0.1, 0.15) is 55.1 Å². The molecule has 0 bridgehead atoms. The lowest BCUT2D eigenvalue weighted by Gasteiger charge is -2.29. The van der Waals surface area contributed by atoms with Gasteiger partial charge in [0.15, 0.2) is 6.29 Å². The van der Waals surface area contributed by atoms with E-state index in [1.54, 1.807) is 39.0 Å². The van der Waals surface area contributed by atoms with Crippen LogP contribution in [-0.2, 0) is 9.59 Å². The largest absolute Gasteiger partial charge is 0.493 e. The summed E-state index contributed by atoms with van der Waals surface area (Å²) in [7, 11) is 0. The molecule has 0 spiro atoms. The molecular weight excluding hydrogens is 452 g/mol. The lowest BCUT2D eigenvalue weighted by molar-refractivity contribution is -0.127. The first-order valence-corrected chi connectivity index (χ1v) is 10.5. The molecule has 0 saturated carbocycles. The summed E-state index contributed by atoms with van der Waals surface area (Å²) in [6.07, 6.45) is 0.201. The van der Waals surface area contributed by atoms with E-state index < -0.39 is 17.9 Å². The smallest absolute Gasteiger partial charge is 0.319 e. The summed E-state index contributed by atoms with van der Waals surface area (Å²) >= 11 is 0. The Kier molecular flexibility index (Phi) is 10.6. The first-order valence-electron chi connectivity index (χ1n) is 10.5. The van der Waals surface area contributed by atoms with Gasteiger partial charge in [0.2, 0.25) is 5.78 Å². The Labute approximate surface area is 228 Å². The highest BCUT2D eigenvalue weighted by Gasteiger charge is 2.34. The summed E-state index contributed by atoms with van der Waals surface area (Å²) in [5.74, 6) is 35.8. The summed E-state index contributed by atoms with van der Waals surface area (Å²) in [5, 5.41) is 5.20. The van der Waals surface area contributed by atoms with Gasteiger partial charge in [-0.1, -0.05) is 17.9 Å². The van der Waals surface area contributed by atoms with Crippen molar-refractivity contribution >= 4 is 18.1 Å². The number of ether oxygens (including phenoxy) is 1. The zero-order chi connectivity index (χ0) is 26.2. The minimum Gasteiger partial charge on any atom is -0.493 e. The van der Waals surface area contributed by atoms with E-state index in [4.69, 9.17) is 4.74 Å². The van der Waals surface area contributed by atoms with Gasteiger partial charge < -0.3 is 15.4 Å². The van der Waals surface area contributed by atoms with E-state index >= 15 is 0 Å². The zero-order valence-electron chi connectivity index (χ0n) is 19.7. The quantitative estimate of drug-likeness (QED) is 0.349. The number of carbonyl (C=O) groups excluding carboxylic acids is 3. The number of allylic oxidation sites excluding steroid dienone is 1. The van der Waals surface area contributed by atoms with Crippen molar-refractivity contribution in [3.05, 3.63) is 40.6 Å². The van der Waals surface area contributed by atoms with Crippen molar-refractivity contribution in [1.29, 1.82) is 0 Å². The Morgan fingerprint density at radius 1 is 1.00 bits per heavy atom. The number of benzene rings is 1. The van der Waals surface area contributed by atoms with Crippen LogP contribution in [0.25, 0.3) is 0 Å². The van der Waals surface area contributed by atoms with Crippen molar-refractivity contribution in [2.75, 3.05) is 6.61 Å². The molecular formula is C30H42N2O4. The van der Waals surface area contributed by atoms with Crippen LogP contribution in [0.2, 0.25) is 0 Å². The molecule has 1 heterocycles. The molecule has 1 aromatic rings. The van der Waals surface area contributed by atoms with Crippen molar-refractivity contribution in [2.45, 2.75) is 26.8 Å². The van der Waals surface area contributed by atoms with Crippen LogP contribution in [0.3, 0.4) is 0 Å². The Balaban J connectivity index is -0.000000127.